The van der Waals surface area contributed by atoms with Crippen molar-refractivity contribution in [2.75, 3.05) is 18.0 Å². The molecule has 1 aliphatic rings. The molecule has 1 saturated heterocycles. The van der Waals surface area contributed by atoms with E-state index in [4.69, 9.17) is 0 Å². The number of rotatable bonds is 2. The van der Waals surface area contributed by atoms with Gasteiger partial charge in [-0.3, -0.25) is 4.79 Å². The fraction of sp³-hybridized carbons (Fsp3) is 0.462. The minimum absolute atomic E-state index is 0.721. The van der Waals surface area contributed by atoms with E-state index in [1.165, 1.54) is 31.4 Å². The SMILES string of the molecule is O=Cc1ccc(N2CCCCCC2)cc1Br. The summed E-state index contributed by atoms with van der Waals surface area (Å²) in [5.41, 5.74) is 1.94. The summed E-state index contributed by atoms with van der Waals surface area (Å²) in [6.45, 7) is 2.26. The third kappa shape index (κ3) is 2.64. The number of halogens is 1. The van der Waals surface area contributed by atoms with Crippen LogP contribution in [0.4, 0.5) is 5.69 Å². The van der Waals surface area contributed by atoms with E-state index in [0.29, 0.717) is 0 Å². The number of hydrogen-bond donors (Lipinski definition) is 0. The molecule has 0 spiro atoms. The second-order valence-electron chi connectivity index (χ2n) is 4.22. The molecule has 1 heterocycles. The summed E-state index contributed by atoms with van der Waals surface area (Å²) < 4.78 is 0.893. The lowest BCUT2D eigenvalue weighted by molar-refractivity contribution is 0.112. The zero-order chi connectivity index (χ0) is 11.4. The van der Waals surface area contributed by atoms with E-state index < -0.39 is 0 Å². The highest BCUT2D eigenvalue weighted by Crippen LogP contribution is 2.25. The van der Waals surface area contributed by atoms with Crippen molar-refractivity contribution in [1.29, 1.82) is 0 Å². The van der Waals surface area contributed by atoms with Gasteiger partial charge >= 0.3 is 0 Å². The first-order valence-electron chi connectivity index (χ1n) is 5.81. The number of carbonyl (C=O) groups excluding carboxylic acids is 1. The third-order valence-corrected chi connectivity index (χ3v) is 3.77. The Balaban J connectivity index is 2.19. The Kier molecular flexibility index (Phi) is 3.99. The van der Waals surface area contributed by atoms with Crippen LogP contribution < -0.4 is 4.90 Å². The van der Waals surface area contributed by atoms with Crippen molar-refractivity contribution in [1.82, 2.24) is 0 Å². The van der Waals surface area contributed by atoms with Crippen molar-refractivity contribution < 1.29 is 4.79 Å². The Morgan fingerprint density at radius 2 is 1.81 bits per heavy atom. The average molecular weight is 282 g/mol. The van der Waals surface area contributed by atoms with Crippen molar-refractivity contribution in [3.05, 3.63) is 28.2 Å². The molecule has 0 aromatic heterocycles. The molecule has 0 unspecified atom stereocenters. The Morgan fingerprint density at radius 3 is 2.38 bits per heavy atom. The monoisotopic (exact) mass is 281 g/mol. The molecule has 1 aromatic carbocycles. The molecule has 0 saturated carbocycles. The van der Waals surface area contributed by atoms with E-state index in [1.807, 2.05) is 12.1 Å². The topological polar surface area (TPSA) is 20.3 Å². The molecule has 0 N–H and O–H groups in total. The lowest BCUT2D eigenvalue weighted by Gasteiger charge is -2.23. The maximum atomic E-state index is 10.7. The third-order valence-electron chi connectivity index (χ3n) is 3.08. The summed E-state index contributed by atoms with van der Waals surface area (Å²) >= 11 is 3.44. The summed E-state index contributed by atoms with van der Waals surface area (Å²) in [5.74, 6) is 0. The summed E-state index contributed by atoms with van der Waals surface area (Å²) in [4.78, 5) is 13.1. The largest absolute Gasteiger partial charge is 0.372 e. The van der Waals surface area contributed by atoms with Crippen molar-refractivity contribution in [3.8, 4) is 0 Å². The van der Waals surface area contributed by atoms with E-state index in [-0.39, 0.29) is 0 Å². The van der Waals surface area contributed by atoms with Gasteiger partial charge in [0.2, 0.25) is 0 Å². The molecule has 3 heteroatoms. The maximum absolute atomic E-state index is 10.7. The standard InChI is InChI=1S/C13H16BrNO/c14-13-9-12(6-5-11(13)10-16)15-7-3-1-2-4-8-15/h5-6,9-10H,1-4,7-8H2. The highest BCUT2D eigenvalue weighted by atomic mass is 79.9. The van der Waals surface area contributed by atoms with Gasteiger partial charge < -0.3 is 4.90 Å². The molecule has 2 nitrogen and oxygen atoms in total. The van der Waals surface area contributed by atoms with Crippen LogP contribution in [-0.2, 0) is 0 Å². The Hall–Kier alpha value is -0.830. The minimum atomic E-state index is 0.721. The van der Waals surface area contributed by atoms with Crippen LogP contribution in [0.2, 0.25) is 0 Å². The number of anilines is 1. The predicted octanol–water partition coefficient (Wildman–Crippen LogP) is 3.64. The van der Waals surface area contributed by atoms with Gasteiger partial charge in [0.05, 0.1) is 0 Å². The number of carbonyl (C=O) groups is 1. The fourth-order valence-corrected chi connectivity index (χ4v) is 2.60. The lowest BCUT2D eigenvalue weighted by atomic mass is 10.2. The van der Waals surface area contributed by atoms with E-state index in [9.17, 15) is 4.79 Å². The van der Waals surface area contributed by atoms with Gasteiger partial charge in [-0.2, -0.15) is 0 Å². The molecule has 0 bridgehead atoms. The van der Waals surface area contributed by atoms with Gasteiger partial charge in [0.15, 0.2) is 6.29 Å². The summed E-state index contributed by atoms with van der Waals surface area (Å²) in [6, 6.07) is 5.98. The molecule has 1 aliphatic heterocycles. The Bertz CT molecular complexity index is 370. The number of nitrogens with zero attached hydrogens (tertiary/aromatic N) is 1. The molecule has 1 fully saturated rings. The highest BCUT2D eigenvalue weighted by molar-refractivity contribution is 9.10. The van der Waals surface area contributed by atoms with Crippen molar-refractivity contribution in [2.24, 2.45) is 0 Å². The first-order valence-corrected chi connectivity index (χ1v) is 6.60. The summed E-state index contributed by atoms with van der Waals surface area (Å²) in [6.07, 6.45) is 6.10. The van der Waals surface area contributed by atoms with E-state index >= 15 is 0 Å². The van der Waals surface area contributed by atoms with Crippen molar-refractivity contribution in [2.45, 2.75) is 25.7 Å². The van der Waals surface area contributed by atoms with Gasteiger partial charge in [0.1, 0.15) is 0 Å². The Morgan fingerprint density at radius 1 is 1.12 bits per heavy atom. The maximum Gasteiger partial charge on any atom is 0.151 e. The van der Waals surface area contributed by atoms with Crippen LogP contribution in [0.1, 0.15) is 36.0 Å². The molecule has 0 aliphatic carbocycles. The van der Waals surface area contributed by atoms with Crippen LogP contribution in [0, 0.1) is 0 Å². The first-order chi connectivity index (χ1) is 7.81. The van der Waals surface area contributed by atoms with E-state index in [1.54, 1.807) is 0 Å². The summed E-state index contributed by atoms with van der Waals surface area (Å²) in [5, 5.41) is 0. The van der Waals surface area contributed by atoms with Gasteiger partial charge in [0.25, 0.3) is 0 Å². The fourth-order valence-electron chi connectivity index (χ4n) is 2.14. The first kappa shape index (κ1) is 11.6. The zero-order valence-electron chi connectivity index (χ0n) is 9.29. The van der Waals surface area contributed by atoms with Crippen LogP contribution in [0.15, 0.2) is 22.7 Å². The number of aldehydes is 1. The molecule has 0 amide bonds. The van der Waals surface area contributed by atoms with Gasteiger partial charge in [-0.1, -0.05) is 12.8 Å². The molecular formula is C13H16BrNO. The Labute approximate surface area is 105 Å². The van der Waals surface area contributed by atoms with Crippen molar-refractivity contribution in [3.63, 3.8) is 0 Å². The molecule has 1 aromatic rings. The molecule has 16 heavy (non-hydrogen) atoms. The van der Waals surface area contributed by atoms with Crippen molar-refractivity contribution >= 4 is 27.9 Å². The quantitative estimate of drug-likeness (QED) is 0.772. The molecular weight excluding hydrogens is 266 g/mol. The van der Waals surface area contributed by atoms with Crippen LogP contribution in [0.5, 0.6) is 0 Å². The van der Waals surface area contributed by atoms with E-state index in [2.05, 4.69) is 26.9 Å². The van der Waals surface area contributed by atoms with Crippen LogP contribution in [0.25, 0.3) is 0 Å². The smallest absolute Gasteiger partial charge is 0.151 e. The summed E-state index contributed by atoms with van der Waals surface area (Å²) in [7, 11) is 0. The minimum Gasteiger partial charge on any atom is -0.372 e. The highest BCUT2D eigenvalue weighted by Gasteiger charge is 2.10. The predicted molar refractivity (Wildman–Crippen MR) is 70.2 cm³/mol. The molecule has 0 atom stereocenters. The molecule has 0 radical (unpaired) electrons. The van der Waals surface area contributed by atoms with E-state index in [0.717, 1.165) is 29.4 Å². The second-order valence-corrected chi connectivity index (χ2v) is 5.08. The van der Waals surface area contributed by atoms with Crippen LogP contribution >= 0.6 is 15.9 Å². The molecule has 86 valence electrons. The lowest BCUT2D eigenvalue weighted by Crippen LogP contribution is -2.23. The number of hydrogen-bond acceptors (Lipinski definition) is 2. The van der Waals surface area contributed by atoms with Gasteiger partial charge in [-0.25, -0.2) is 0 Å². The van der Waals surface area contributed by atoms with Gasteiger partial charge in [-0.05, 0) is 47.0 Å². The normalized spacial score (nSPS) is 16.9. The van der Waals surface area contributed by atoms with Crippen LogP contribution in [-0.4, -0.2) is 19.4 Å². The van der Waals surface area contributed by atoms with Gasteiger partial charge in [0, 0.05) is 28.8 Å². The zero-order valence-corrected chi connectivity index (χ0v) is 10.9. The molecule has 2 rings (SSSR count). The second kappa shape index (κ2) is 5.48. The number of benzene rings is 1. The van der Waals surface area contributed by atoms with Gasteiger partial charge in [-0.15, -0.1) is 0 Å². The van der Waals surface area contributed by atoms with Crippen LogP contribution in [0.3, 0.4) is 0 Å². The average Bonchev–Trinajstić information content (AvgIpc) is 2.57.